The van der Waals surface area contributed by atoms with Crippen molar-refractivity contribution in [1.29, 1.82) is 0 Å². The number of ether oxygens (including phenoxy) is 1. The summed E-state index contributed by atoms with van der Waals surface area (Å²) in [6.07, 6.45) is 7.19. The van der Waals surface area contributed by atoms with Crippen LogP contribution in [0.5, 0.6) is 5.75 Å². The lowest BCUT2D eigenvalue weighted by Gasteiger charge is -2.25. The van der Waals surface area contributed by atoms with Crippen molar-refractivity contribution in [2.24, 2.45) is 0 Å². The highest BCUT2D eigenvalue weighted by Gasteiger charge is 2.21. The molecule has 8 heteroatoms. The molecule has 1 aromatic heterocycles. The van der Waals surface area contributed by atoms with Gasteiger partial charge in [0.25, 0.3) is 0 Å². The van der Waals surface area contributed by atoms with Gasteiger partial charge >= 0.3 is 0 Å². The number of aryl methyl sites for hydroxylation is 1. The Balaban J connectivity index is 1.67. The highest BCUT2D eigenvalue weighted by Crippen LogP contribution is 2.40. The molecule has 2 aromatic carbocycles. The highest BCUT2D eigenvalue weighted by molar-refractivity contribution is 7.70. The number of hydrogen-bond donors (Lipinski definition) is 2. The molecule has 3 aromatic rings. The number of benzene rings is 2. The second kappa shape index (κ2) is 10.4. The predicted molar refractivity (Wildman–Crippen MR) is 143 cm³/mol. The third-order valence-corrected chi connectivity index (χ3v) is 8.08. The van der Waals surface area contributed by atoms with Crippen LogP contribution in [0.1, 0.15) is 53.3 Å². The SMILES string of the molecule is [2H]C([2H])([2H])Oc1cc(C2CCCCC2)c(C)cc1Nc1ncc(Cl)c(Nc2ccccc2P(C)(C)=O)n1. The maximum absolute atomic E-state index is 12.8. The van der Waals surface area contributed by atoms with E-state index in [1.807, 2.05) is 43.3 Å². The highest BCUT2D eigenvalue weighted by atomic mass is 35.5. The number of nitrogens with zero attached hydrogens (tertiary/aromatic N) is 2. The van der Waals surface area contributed by atoms with Gasteiger partial charge in [-0.1, -0.05) is 43.0 Å². The number of halogens is 1. The lowest BCUT2D eigenvalue weighted by Crippen LogP contribution is -2.11. The van der Waals surface area contributed by atoms with Gasteiger partial charge in [-0.2, -0.15) is 4.98 Å². The minimum atomic E-state index is -2.61. The third kappa shape index (κ3) is 5.56. The fourth-order valence-corrected chi connectivity index (χ4v) is 5.85. The smallest absolute Gasteiger partial charge is 0.229 e. The van der Waals surface area contributed by atoms with Crippen LogP contribution >= 0.6 is 18.7 Å². The molecule has 0 saturated heterocycles. The summed E-state index contributed by atoms with van der Waals surface area (Å²) >= 11 is 6.38. The van der Waals surface area contributed by atoms with Crippen LogP contribution in [-0.2, 0) is 4.57 Å². The van der Waals surface area contributed by atoms with Gasteiger partial charge in [0.05, 0.1) is 28.7 Å². The molecular weight excluding hydrogens is 467 g/mol. The van der Waals surface area contributed by atoms with Crippen LogP contribution in [0.4, 0.5) is 23.1 Å². The van der Waals surface area contributed by atoms with Crippen molar-refractivity contribution in [3.05, 3.63) is 58.7 Å². The van der Waals surface area contributed by atoms with Crippen molar-refractivity contribution in [3.8, 4) is 5.75 Å². The Kier molecular flexibility index (Phi) is 6.34. The molecule has 180 valence electrons. The van der Waals surface area contributed by atoms with Crippen molar-refractivity contribution in [3.63, 3.8) is 0 Å². The van der Waals surface area contributed by atoms with Crippen LogP contribution in [0.2, 0.25) is 5.02 Å². The first-order valence-corrected chi connectivity index (χ1v) is 14.4. The lowest BCUT2D eigenvalue weighted by atomic mass is 9.82. The second-order valence-corrected chi connectivity index (χ2v) is 12.7. The van der Waals surface area contributed by atoms with E-state index in [1.165, 1.54) is 25.5 Å². The molecule has 2 N–H and O–H groups in total. The third-order valence-electron chi connectivity index (χ3n) is 6.25. The molecule has 1 fully saturated rings. The number of aromatic nitrogens is 2. The molecule has 0 spiro atoms. The van der Waals surface area contributed by atoms with Crippen LogP contribution in [0.15, 0.2) is 42.6 Å². The first-order chi connectivity index (χ1) is 17.4. The predicted octanol–water partition coefficient (Wildman–Crippen LogP) is 7.23. The lowest BCUT2D eigenvalue weighted by molar-refractivity contribution is 0.411. The van der Waals surface area contributed by atoms with Crippen molar-refractivity contribution < 1.29 is 13.4 Å². The molecule has 0 aliphatic heterocycles. The zero-order valence-electron chi connectivity index (χ0n) is 22.7. The fourth-order valence-electron chi connectivity index (χ4n) is 4.55. The largest absolute Gasteiger partial charge is 0.495 e. The van der Waals surface area contributed by atoms with E-state index >= 15 is 0 Å². The first-order valence-electron chi connectivity index (χ1n) is 13.0. The van der Waals surface area contributed by atoms with Gasteiger partial charge in [0.1, 0.15) is 17.9 Å². The van der Waals surface area contributed by atoms with Crippen LogP contribution in [0.25, 0.3) is 0 Å². The fraction of sp³-hybridized carbons (Fsp3) is 0.385. The summed E-state index contributed by atoms with van der Waals surface area (Å²) in [5.74, 6) is 1.15. The molecule has 1 aliphatic rings. The van der Waals surface area contributed by atoms with Crippen molar-refractivity contribution in [2.75, 3.05) is 31.0 Å². The summed E-state index contributed by atoms with van der Waals surface area (Å²) < 4.78 is 41.2. The number of anilines is 4. The molecular formula is C26H32ClN4O2P. The minimum Gasteiger partial charge on any atom is -0.495 e. The number of para-hydroxylation sites is 1. The van der Waals surface area contributed by atoms with E-state index in [4.69, 9.17) is 20.5 Å². The second-order valence-electron chi connectivity index (χ2n) is 9.15. The Morgan fingerprint density at radius 3 is 2.62 bits per heavy atom. The van der Waals surface area contributed by atoms with Crippen molar-refractivity contribution >= 4 is 47.2 Å². The first kappa shape index (κ1) is 20.8. The molecule has 0 amide bonds. The monoisotopic (exact) mass is 501 g/mol. The van der Waals surface area contributed by atoms with Gasteiger partial charge in [0, 0.05) is 5.30 Å². The van der Waals surface area contributed by atoms with E-state index in [2.05, 4.69) is 20.6 Å². The molecule has 1 saturated carbocycles. The molecule has 1 aliphatic carbocycles. The average Bonchev–Trinajstić information content (AvgIpc) is 2.82. The number of hydrogen-bond acceptors (Lipinski definition) is 6. The summed E-state index contributed by atoms with van der Waals surface area (Å²) in [6.45, 7) is 5.43. The normalized spacial score (nSPS) is 16.3. The Hall–Kier alpha value is -2.56. The van der Waals surface area contributed by atoms with Crippen LogP contribution < -0.4 is 20.7 Å². The summed E-state index contributed by atoms with van der Waals surface area (Å²) in [4.78, 5) is 8.80. The zero-order valence-corrected chi connectivity index (χ0v) is 21.3. The van der Waals surface area contributed by atoms with Gasteiger partial charge in [0.2, 0.25) is 5.95 Å². The minimum absolute atomic E-state index is 0.209. The zero-order chi connectivity index (χ0) is 26.8. The van der Waals surface area contributed by atoms with Gasteiger partial charge in [-0.25, -0.2) is 4.98 Å². The topological polar surface area (TPSA) is 76.1 Å². The van der Waals surface area contributed by atoms with Gasteiger partial charge in [-0.15, -0.1) is 0 Å². The van der Waals surface area contributed by atoms with E-state index in [0.717, 1.165) is 24.0 Å². The molecule has 0 atom stereocenters. The van der Waals surface area contributed by atoms with E-state index < -0.39 is 14.2 Å². The molecule has 0 radical (unpaired) electrons. The summed E-state index contributed by atoms with van der Waals surface area (Å²) in [5, 5.41) is 7.25. The van der Waals surface area contributed by atoms with Gasteiger partial charge in [-0.3, -0.25) is 0 Å². The Morgan fingerprint density at radius 1 is 1.12 bits per heavy atom. The van der Waals surface area contributed by atoms with E-state index in [9.17, 15) is 4.57 Å². The number of rotatable bonds is 7. The van der Waals surface area contributed by atoms with E-state index in [-0.39, 0.29) is 16.7 Å². The average molecular weight is 502 g/mol. The Labute approximate surface area is 211 Å². The number of nitrogens with one attached hydrogen (secondary N) is 2. The van der Waals surface area contributed by atoms with E-state index in [0.29, 0.717) is 28.4 Å². The van der Waals surface area contributed by atoms with Gasteiger partial charge in [0.15, 0.2) is 5.82 Å². The summed E-state index contributed by atoms with van der Waals surface area (Å²) in [5.41, 5.74) is 3.26. The van der Waals surface area contributed by atoms with Crippen LogP contribution in [-0.4, -0.2) is 30.3 Å². The van der Waals surface area contributed by atoms with Gasteiger partial charge < -0.3 is 19.9 Å². The van der Waals surface area contributed by atoms with E-state index in [1.54, 1.807) is 13.3 Å². The van der Waals surface area contributed by atoms with Crippen molar-refractivity contribution in [2.45, 2.75) is 44.9 Å². The van der Waals surface area contributed by atoms with Crippen molar-refractivity contribution in [1.82, 2.24) is 9.97 Å². The number of methoxy groups -OCH3 is 1. The molecule has 34 heavy (non-hydrogen) atoms. The Morgan fingerprint density at radius 2 is 1.88 bits per heavy atom. The molecule has 4 rings (SSSR count). The van der Waals surface area contributed by atoms with Gasteiger partial charge in [-0.05, 0) is 74.4 Å². The maximum atomic E-state index is 12.8. The molecule has 0 bridgehead atoms. The maximum Gasteiger partial charge on any atom is 0.229 e. The Bertz CT molecular complexity index is 1320. The quantitative estimate of drug-likeness (QED) is 0.332. The van der Waals surface area contributed by atoms with Crippen LogP contribution in [0.3, 0.4) is 0 Å². The standard InChI is InChI=1S/C26H32ClN4O2P/c1-17-14-22(23(33-2)15-19(17)18-10-6-5-7-11-18)30-26-28-16-20(27)25(31-26)29-21-12-8-9-13-24(21)34(3,4)32/h8-9,12-16,18H,5-7,10-11H2,1-4H3,(H2,28,29,30,31)/i2D3. The molecule has 0 unspecified atom stereocenters. The summed E-state index contributed by atoms with van der Waals surface area (Å²) in [6, 6.07) is 11.0. The molecule has 1 heterocycles. The van der Waals surface area contributed by atoms with Crippen LogP contribution in [0, 0.1) is 6.92 Å². The molecule has 6 nitrogen and oxygen atoms in total. The summed E-state index contributed by atoms with van der Waals surface area (Å²) in [7, 11) is -5.17.